The highest BCUT2D eigenvalue weighted by Crippen LogP contribution is 2.54. The summed E-state index contributed by atoms with van der Waals surface area (Å²) in [5, 5.41) is 3.09. The van der Waals surface area contributed by atoms with Gasteiger partial charge >= 0.3 is 0 Å². The van der Waals surface area contributed by atoms with Crippen molar-refractivity contribution in [1.82, 2.24) is 9.38 Å². The van der Waals surface area contributed by atoms with Crippen LogP contribution in [0, 0.1) is 5.41 Å². The fourth-order valence-corrected chi connectivity index (χ4v) is 6.19. The molecule has 232 valence electrons. The van der Waals surface area contributed by atoms with Gasteiger partial charge in [-0.1, -0.05) is 18.9 Å². The number of hydrogen-bond acceptors (Lipinski definition) is 8. The topological polar surface area (TPSA) is 91.2 Å². The van der Waals surface area contributed by atoms with Gasteiger partial charge in [0.25, 0.3) is 18.3 Å². The molecule has 3 aliphatic rings. The van der Waals surface area contributed by atoms with Crippen molar-refractivity contribution in [2.45, 2.75) is 58.3 Å². The molecule has 3 fully saturated rings. The SMILES string of the molecule is CCOC=O.CCSNc1ccc(C(=O)Nc2cc(N3CCC(F)(F)CC3)n3ccnc3c2)c(N2CCC3(CC2)CC3)c1. The summed E-state index contributed by atoms with van der Waals surface area (Å²) >= 11 is 1.63. The number of alkyl halides is 2. The lowest BCUT2D eigenvalue weighted by Crippen LogP contribution is -2.40. The van der Waals surface area contributed by atoms with Crippen LogP contribution >= 0.6 is 11.9 Å². The first-order valence-electron chi connectivity index (χ1n) is 15.0. The first kappa shape index (κ1) is 30.9. The smallest absolute Gasteiger partial charge is 0.293 e. The molecule has 1 amide bonds. The predicted octanol–water partition coefficient (Wildman–Crippen LogP) is 6.46. The van der Waals surface area contributed by atoms with Crippen molar-refractivity contribution in [2.24, 2.45) is 5.41 Å². The average molecular weight is 615 g/mol. The van der Waals surface area contributed by atoms with Gasteiger partial charge in [0.1, 0.15) is 11.5 Å². The average Bonchev–Trinajstić information content (AvgIpc) is 3.58. The maximum Gasteiger partial charge on any atom is 0.293 e. The highest BCUT2D eigenvalue weighted by molar-refractivity contribution is 8.00. The normalized spacial score (nSPS) is 18.5. The van der Waals surface area contributed by atoms with Crippen LogP contribution in [0.5, 0.6) is 0 Å². The fraction of sp³-hybridized carbons (Fsp3) is 0.516. The van der Waals surface area contributed by atoms with E-state index in [-0.39, 0.29) is 31.8 Å². The second-order valence-corrected chi connectivity index (χ2v) is 12.4. The molecule has 1 saturated carbocycles. The van der Waals surface area contributed by atoms with Crippen molar-refractivity contribution >= 4 is 52.9 Å². The second kappa shape index (κ2) is 13.4. The number of rotatable bonds is 9. The molecular formula is C31H40F2N6O3S. The molecule has 2 N–H and O–H groups in total. The van der Waals surface area contributed by atoms with E-state index in [4.69, 9.17) is 0 Å². The van der Waals surface area contributed by atoms with Gasteiger partial charge in [0.05, 0.1) is 17.9 Å². The molecule has 4 heterocycles. The number of benzene rings is 1. The van der Waals surface area contributed by atoms with Crippen LogP contribution in [-0.4, -0.2) is 66.2 Å². The largest absolute Gasteiger partial charge is 0.468 e. The van der Waals surface area contributed by atoms with Crippen LogP contribution in [0.2, 0.25) is 0 Å². The third-order valence-corrected chi connectivity index (χ3v) is 9.16. The Morgan fingerprint density at radius 2 is 1.72 bits per heavy atom. The summed E-state index contributed by atoms with van der Waals surface area (Å²) in [6, 6.07) is 9.61. The number of piperidine rings is 2. The molecule has 1 spiro atoms. The Morgan fingerprint density at radius 3 is 2.35 bits per heavy atom. The van der Waals surface area contributed by atoms with E-state index >= 15 is 0 Å². The van der Waals surface area contributed by atoms with E-state index in [2.05, 4.69) is 37.6 Å². The number of fused-ring (bicyclic) bond motifs is 1. The lowest BCUT2D eigenvalue weighted by Gasteiger charge is -2.35. The first-order valence-corrected chi connectivity index (χ1v) is 16.0. The summed E-state index contributed by atoms with van der Waals surface area (Å²) in [5.74, 6) is -1.12. The highest BCUT2D eigenvalue weighted by atomic mass is 32.2. The van der Waals surface area contributed by atoms with Crippen LogP contribution in [0.1, 0.15) is 62.7 Å². The zero-order valence-electron chi connectivity index (χ0n) is 24.8. The van der Waals surface area contributed by atoms with Gasteiger partial charge in [-0.25, -0.2) is 13.8 Å². The van der Waals surface area contributed by atoms with E-state index in [1.165, 1.54) is 25.7 Å². The van der Waals surface area contributed by atoms with E-state index in [0.29, 0.717) is 35.4 Å². The van der Waals surface area contributed by atoms with Gasteiger partial charge in [-0.3, -0.25) is 14.0 Å². The number of carbonyl (C=O) groups excluding carboxylic acids is 2. The summed E-state index contributed by atoms with van der Waals surface area (Å²) in [4.78, 5) is 31.6. The number of carbonyl (C=O) groups is 2. The molecule has 0 atom stereocenters. The number of ether oxygens (including phenoxy) is 1. The quantitative estimate of drug-likeness (QED) is 0.210. The molecule has 12 heteroatoms. The fourth-order valence-electron chi connectivity index (χ4n) is 5.75. The van der Waals surface area contributed by atoms with Crippen LogP contribution < -0.4 is 19.8 Å². The summed E-state index contributed by atoms with van der Waals surface area (Å²) < 4.78 is 37.0. The van der Waals surface area contributed by atoms with Gasteiger partial charge in [0.2, 0.25) is 0 Å². The molecule has 1 aliphatic carbocycles. The minimum Gasteiger partial charge on any atom is -0.468 e. The van der Waals surface area contributed by atoms with Gasteiger partial charge in [0, 0.05) is 80.7 Å². The molecule has 0 radical (unpaired) electrons. The summed E-state index contributed by atoms with van der Waals surface area (Å²) in [6.07, 6.45) is 8.14. The molecule has 2 saturated heterocycles. The minimum absolute atomic E-state index is 0.184. The Balaban J connectivity index is 0.000000682. The molecule has 6 rings (SSSR count). The third-order valence-electron chi connectivity index (χ3n) is 8.50. The van der Waals surface area contributed by atoms with E-state index in [0.717, 1.165) is 36.0 Å². The molecule has 0 unspecified atom stereocenters. The molecule has 0 bridgehead atoms. The van der Waals surface area contributed by atoms with E-state index < -0.39 is 5.92 Å². The Kier molecular flexibility index (Phi) is 9.63. The van der Waals surface area contributed by atoms with Crippen LogP contribution in [0.4, 0.5) is 31.7 Å². The van der Waals surface area contributed by atoms with Gasteiger partial charge < -0.3 is 24.6 Å². The Morgan fingerprint density at radius 1 is 1.00 bits per heavy atom. The van der Waals surface area contributed by atoms with Gasteiger partial charge in [-0.2, -0.15) is 0 Å². The van der Waals surface area contributed by atoms with E-state index in [1.807, 2.05) is 39.8 Å². The number of aromatic nitrogens is 2. The Hall–Kier alpha value is -3.54. The zero-order chi connectivity index (χ0) is 30.5. The maximum absolute atomic E-state index is 13.8. The van der Waals surface area contributed by atoms with Crippen molar-refractivity contribution in [3.05, 3.63) is 48.3 Å². The second-order valence-electron chi connectivity index (χ2n) is 11.4. The lowest BCUT2D eigenvalue weighted by atomic mass is 9.93. The molecule has 43 heavy (non-hydrogen) atoms. The van der Waals surface area contributed by atoms with Crippen LogP contribution in [0.25, 0.3) is 5.65 Å². The Bertz CT molecular complexity index is 1410. The van der Waals surface area contributed by atoms with Crippen LogP contribution in [0.15, 0.2) is 42.7 Å². The van der Waals surface area contributed by atoms with Crippen LogP contribution in [-0.2, 0) is 9.53 Å². The predicted molar refractivity (Wildman–Crippen MR) is 169 cm³/mol. The van der Waals surface area contributed by atoms with E-state index in [1.54, 1.807) is 25.1 Å². The standard InChI is InChI=1S/C28H34F2N6OS.C3H6O2/c1-2-38-33-20-3-4-22(23(17-20)34-12-7-27(5-6-27)8-13-34)26(37)32-21-18-24-31-11-16-36(24)25(19-21)35-14-9-28(29,30)10-15-35;1-2-5-3-4/h3-4,11,16-19,33H,2,5-10,12-15H2,1H3,(H,32,37);3H,2H2,1H3. The summed E-state index contributed by atoms with van der Waals surface area (Å²) in [6.45, 7) is 7.17. The van der Waals surface area contributed by atoms with Crippen molar-refractivity contribution in [1.29, 1.82) is 0 Å². The monoisotopic (exact) mass is 614 g/mol. The number of amides is 1. The van der Waals surface area contributed by atoms with E-state index in [9.17, 15) is 18.4 Å². The molecule has 1 aromatic carbocycles. The maximum atomic E-state index is 13.8. The lowest BCUT2D eigenvalue weighted by molar-refractivity contribution is -0.128. The molecule has 3 aromatic rings. The number of imidazole rings is 1. The van der Waals surface area contributed by atoms with Crippen molar-refractivity contribution in [2.75, 3.05) is 58.4 Å². The highest BCUT2D eigenvalue weighted by Gasteiger charge is 2.44. The molecule has 2 aromatic heterocycles. The van der Waals surface area contributed by atoms with Crippen molar-refractivity contribution < 1.29 is 23.1 Å². The summed E-state index contributed by atoms with van der Waals surface area (Å²) in [7, 11) is 0. The number of nitrogens with one attached hydrogen (secondary N) is 2. The molecule has 9 nitrogen and oxygen atoms in total. The number of pyridine rings is 1. The van der Waals surface area contributed by atoms with Gasteiger partial charge in [-0.05, 0) is 56.2 Å². The first-order chi connectivity index (χ1) is 20.8. The number of halogens is 2. The van der Waals surface area contributed by atoms with Gasteiger partial charge in [0.15, 0.2) is 0 Å². The number of nitrogens with zero attached hydrogens (tertiary/aromatic N) is 4. The summed E-state index contributed by atoms with van der Waals surface area (Å²) in [5.41, 5.74) is 4.37. The number of hydrogen-bond donors (Lipinski definition) is 2. The Labute approximate surface area is 255 Å². The van der Waals surface area contributed by atoms with Crippen molar-refractivity contribution in [3.8, 4) is 0 Å². The minimum atomic E-state index is -2.63. The third kappa shape index (κ3) is 7.52. The number of anilines is 4. The van der Waals surface area contributed by atoms with Crippen molar-refractivity contribution in [3.63, 3.8) is 0 Å². The van der Waals surface area contributed by atoms with Gasteiger partial charge in [-0.15, -0.1) is 0 Å². The molecule has 2 aliphatic heterocycles. The van der Waals surface area contributed by atoms with Crippen LogP contribution in [0.3, 0.4) is 0 Å². The zero-order valence-corrected chi connectivity index (χ0v) is 25.6. The molecular weight excluding hydrogens is 574 g/mol.